The lowest BCUT2D eigenvalue weighted by Gasteiger charge is -2.05. The van der Waals surface area contributed by atoms with Crippen LogP contribution in [0.25, 0.3) is 6.08 Å². The maximum Gasteiger partial charge on any atom is 0.309 e. The van der Waals surface area contributed by atoms with Gasteiger partial charge in [-0.2, -0.15) is 0 Å². The van der Waals surface area contributed by atoms with E-state index in [0.29, 0.717) is 13.0 Å². The standard InChI is InChI=1S/C14H19NO2/c1-4-17-13(16)7-5-6-12-8-10(2)14(15)11(3)9-12/h5-6,8-9H,4,7,15H2,1-3H3. The predicted molar refractivity (Wildman–Crippen MR) is 70.6 cm³/mol. The van der Waals surface area contributed by atoms with Crippen molar-refractivity contribution in [1.29, 1.82) is 0 Å². The molecule has 0 aromatic heterocycles. The molecule has 0 saturated carbocycles. The second kappa shape index (κ2) is 6.09. The molecule has 0 spiro atoms. The van der Waals surface area contributed by atoms with E-state index in [1.54, 1.807) is 6.92 Å². The van der Waals surface area contributed by atoms with E-state index in [4.69, 9.17) is 10.5 Å². The summed E-state index contributed by atoms with van der Waals surface area (Å²) in [6.45, 7) is 6.18. The fraction of sp³-hybridized carbons (Fsp3) is 0.357. The maximum atomic E-state index is 11.1. The van der Waals surface area contributed by atoms with Crippen LogP contribution in [0.15, 0.2) is 18.2 Å². The van der Waals surface area contributed by atoms with Crippen molar-refractivity contribution in [2.75, 3.05) is 12.3 Å². The smallest absolute Gasteiger partial charge is 0.309 e. The minimum absolute atomic E-state index is 0.201. The van der Waals surface area contributed by atoms with Crippen LogP contribution in [-0.4, -0.2) is 12.6 Å². The van der Waals surface area contributed by atoms with Crippen LogP contribution in [0, 0.1) is 13.8 Å². The molecule has 1 aromatic carbocycles. The molecule has 3 nitrogen and oxygen atoms in total. The van der Waals surface area contributed by atoms with Crippen LogP contribution in [0.1, 0.15) is 30.0 Å². The van der Waals surface area contributed by atoms with Gasteiger partial charge in [-0.25, -0.2) is 0 Å². The monoisotopic (exact) mass is 233 g/mol. The highest BCUT2D eigenvalue weighted by Crippen LogP contribution is 2.19. The Morgan fingerprint density at radius 1 is 1.35 bits per heavy atom. The minimum Gasteiger partial charge on any atom is -0.466 e. The highest BCUT2D eigenvalue weighted by atomic mass is 16.5. The van der Waals surface area contributed by atoms with E-state index in [1.807, 2.05) is 38.1 Å². The molecule has 92 valence electrons. The lowest BCUT2D eigenvalue weighted by molar-refractivity contribution is -0.142. The molecule has 0 radical (unpaired) electrons. The number of ether oxygens (including phenoxy) is 1. The minimum atomic E-state index is -0.201. The van der Waals surface area contributed by atoms with Crippen molar-refractivity contribution in [2.24, 2.45) is 0 Å². The van der Waals surface area contributed by atoms with E-state index in [9.17, 15) is 4.79 Å². The van der Waals surface area contributed by atoms with Gasteiger partial charge in [0.15, 0.2) is 0 Å². The van der Waals surface area contributed by atoms with Crippen LogP contribution in [0.3, 0.4) is 0 Å². The maximum absolute atomic E-state index is 11.1. The molecular formula is C14H19NO2. The fourth-order valence-corrected chi connectivity index (χ4v) is 1.62. The Bertz CT molecular complexity index is 413. The Kier molecular flexibility index (Phi) is 4.76. The molecule has 1 rings (SSSR count). The van der Waals surface area contributed by atoms with Gasteiger partial charge in [0.05, 0.1) is 13.0 Å². The Hall–Kier alpha value is -1.77. The Balaban J connectivity index is 2.69. The second-order valence-electron chi connectivity index (χ2n) is 3.98. The summed E-state index contributed by atoms with van der Waals surface area (Å²) in [6, 6.07) is 4.01. The van der Waals surface area contributed by atoms with E-state index in [1.165, 1.54) is 0 Å². The first kappa shape index (κ1) is 13.3. The summed E-state index contributed by atoms with van der Waals surface area (Å²) in [5, 5.41) is 0. The second-order valence-corrected chi connectivity index (χ2v) is 3.98. The molecule has 0 aliphatic carbocycles. The fourth-order valence-electron chi connectivity index (χ4n) is 1.62. The number of carbonyl (C=O) groups is 1. The van der Waals surface area contributed by atoms with Crippen molar-refractivity contribution in [1.82, 2.24) is 0 Å². The molecule has 0 bridgehead atoms. The molecule has 1 aromatic rings. The summed E-state index contributed by atoms with van der Waals surface area (Å²) >= 11 is 0. The molecule has 2 N–H and O–H groups in total. The van der Waals surface area contributed by atoms with Crippen molar-refractivity contribution in [2.45, 2.75) is 27.2 Å². The summed E-state index contributed by atoms with van der Waals surface area (Å²) < 4.78 is 4.84. The third kappa shape index (κ3) is 3.94. The highest BCUT2D eigenvalue weighted by Gasteiger charge is 2.00. The van der Waals surface area contributed by atoms with E-state index < -0.39 is 0 Å². The Morgan fingerprint density at radius 3 is 2.47 bits per heavy atom. The van der Waals surface area contributed by atoms with Crippen LogP contribution in [0.2, 0.25) is 0 Å². The van der Waals surface area contributed by atoms with Crippen molar-refractivity contribution in [3.05, 3.63) is 34.9 Å². The largest absolute Gasteiger partial charge is 0.466 e. The van der Waals surface area contributed by atoms with Gasteiger partial charge in [-0.05, 0) is 49.6 Å². The lowest BCUT2D eigenvalue weighted by atomic mass is 10.0. The van der Waals surface area contributed by atoms with Gasteiger partial charge in [-0.15, -0.1) is 0 Å². The number of benzene rings is 1. The van der Waals surface area contributed by atoms with Gasteiger partial charge in [0.1, 0.15) is 0 Å². The summed E-state index contributed by atoms with van der Waals surface area (Å²) in [7, 11) is 0. The van der Waals surface area contributed by atoms with E-state index in [0.717, 1.165) is 22.4 Å². The average molecular weight is 233 g/mol. The number of nitrogen functional groups attached to an aromatic ring is 1. The number of aryl methyl sites for hydroxylation is 2. The van der Waals surface area contributed by atoms with Gasteiger partial charge in [-0.1, -0.05) is 12.2 Å². The van der Waals surface area contributed by atoms with Gasteiger partial charge >= 0.3 is 5.97 Å². The average Bonchev–Trinajstić information content (AvgIpc) is 2.26. The van der Waals surface area contributed by atoms with Crippen LogP contribution >= 0.6 is 0 Å². The van der Waals surface area contributed by atoms with Gasteiger partial charge in [0.2, 0.25) is 0 Å². The summed E-state index contributed by atoms with van der Waals surface area (Å²) in [5.74, 6) is -0.201. The van der Waals surface area contributed by atoms with Crippen molar-refractivity contribution < 1.29 is 9.53 Å². The molecule has 0 aliphatic heterocycles. The molecular weight excluding hydrogens is 214 g/mol. The molecule has 0 saturated heterocycles. The van der Waals surface area contributed by atoms with Crippen molar-refractivity contribution in [3.8, 4) is 0 Å². The van der Waals surface area contributed by atoms with Gasteiger partial charge in [0.25, 0.3) is 0 Å². The van der Waals surface area contributed by atoms with E-state index >= 15 is 0 Å². The number of hydrogen-bond donors (Lipinski definition) is 1. The van der Waals surface area contributed by atoms with Crippen LogP contribution in [-0.2, 0) is 9.53 Å². The first-order valence-electron chi connectivity index (χ1n) is 5.73. The molecule has 3 heteroatoms. The summed E-state index contributed by atoms with van der Waals surface area (Å²) in [5.41, 5.74) is 9.86. The van der Waals surface area contributed by atoms with Gasteiger partial charge < -0.3 is 10.5 Å². The third-order valence-corrected chi connectivity index (χ3v) is 2.52. The number of esters is 1. The molecule has 0 fully saturated rings. The van der Waals surface area contributed by atoms with E-state index in [2.05, 4.69) is 0 Å². The molecule has 0 atom stereocenters. The highest BCUT2D eigenvalue weighted by molar-refractivity contribution is 5.73. The van der Waals surface area contributed by atoms with Crippen LogP contribution in [0.5, 0.6) is 0 Å². The Morgan fingerprint density at radius 2 is 1.94 bits per heavy atom. The van der Waals surface area contributed by atoms with Crippen molar-refractivity contribution in [3.63, 3.8) is 0 Å². The van der Waals surface area contributed by atoms with Crippen LogP contribution in [0.4, 0.5) is 5.69 Å². The number of rotatable bonds is 4. The molecule has 0 heterocycles. The number of nitrogens with two attached hydrogens (primary N) is 1. The zero-order valence-corrected chi connectivity index (χ0v) is 10.6. The third-order valence-electron chi connectivity index (χ3n) is 2.52. The molecule has 0 amide bonds. The first-order valence-corrected chi connectivity index (χ1v) is 5.73. The zero-order valence-electron chi connectivity index (χ0n) is 10.6. The predicted octanol–water partition coefficient (Wildman–Crippen LogP) is 2.85. The number of carbonyl (C=O) groups excluding carboxylic acids is 1. The quantitative estimate of drug-likeness (QED) is 0.642. The zero-order chi connectivity index (χ0) is 12.8. The molecule has 0 unspecified atom stereocenters. The van der Waals surface area contributed by atoms with Gasteiger partial charge in [-0.3, -0.25) is 4.79 Å². The summed E-state index contributed by atoms with van der Waals surface area (Å²) in [4.78, 5) is 11.1. The van der Waals surface area contributed by atoms with Gasteiger partial charge in [0, 0.05) is 5.69 Å². The number of hydrogen-bond acceptors (Lipinski definition) is 3. The molecule has 0 aliphatic rings. The normalized spacial score (nSPS) is 10.8. The topological polar surface area (TPSA) is 52.3 Å². The van der Waals surface area contributed by atoms with Crippen LogP contribution < -0.4 is 5.73 Å². The lowest BCUT2D eigenvalue weighted by Crippen LogP contribution is -2.01. The van der Waals surface area contributed by atoms with E-state index in [-0.39, 0.29) is 5.97 Å². The molecule has 17 heavy (non-hydrogen) atoms. The Labute approximate surface area is 102 Å². The first-order chi connectivity index (χ1) is 8.04. The SMILES string of the molecule is CCOC(=O)CC=Cc1cc(C)c(N)c(C)c1. The number of anilines is 1. The van der Waals surface area contributed by atoms with Crippen molar-refractivity contribution >= 4 is 17.7 Å². The summed E-state index contributed by atoms with van der Waals surface area (Å²) in [6.07, 6.45) is 4.02.